The minimum Gasteiger partial charge on any atom is -0.298 e. The Hall–Kier alpha value is -0.480. The number of carbonyl (C=O) groups excluding carboxylic acids is 1. The third kappa shape index (κ3) is 3.01. The number of rotatable bonds is 4. The summed E-state index contributed by atoms with van der Waals surface area (Å²) in [5, 5.41) is 0. The van der Waals surface area contributed by atoms with Crippen LogP contribution in [-0.4, -0.2) is 5.78 Å². The number of hydrogen-bond acceptors (Lipinski definition) is 1. The molecule has 0 amide bonds. The maximum absolute atomic E-state index is 12.5. The number of Topliss-reactive ketones (excluding diaryl/α,β-unsaturated/α-hetero) is 1. The Morgan fingerprint density at radius 3 is 2.56 bits per heavy atom. The van der Waals surface area contributed by atoms with Crippen molar-refractivity contribution >= 4 is 33.3 Å². The van der Waals surface area contributed by atoms with Crippen molar-refractivity contribution in [3.05, 3.63) is 34.9 Å². The third-order valence-corrected chi connectivity index (χ3v) is 3.62. The van der Waals surface area contributed by atoms with Crippen LogP contribution in [0.15, 0.2) is 18.2 Å². The molecule has 16 heavy (non-hydrogen) atoms. The predicted octanol–water partition coefficient (Wildman–Crippen LogP) is 4.39. The van der Waals surface area contributed by atoms with Gasteiger partial charge in [-0.25, -0.2) is 8.78 Å². The average Bonchev–Trinajstić information content (AvgIpc) is 2.26. The summed E-state index contributed by atoms with van der Waals surface area (Å²) >= 11 is 8.87. The molecule has 0 fully saturated rings. The van der Waals surface area contributed by atoms with E-state index in [1.807, 2.05) is 0 Å². The van der Waals surface area contributed by atoms with Crippen molar-refractivity contribution in [2.45, 2.75) is 24.1 Å². The van der Waals surface area contributed by atoms with E-state index in [4.69, 9.17) is 11.6 Å². The van der Waals surface area contributed by atoms with E-state index < -0.39 is 11.3 Å². The molecule has 0 heterocycles. The second kappa shape index (κ2) is 5.73. The zero-order valence-corrected chi connectivity index (χ0v) is 10.9. The first-order chi connectivity index (χ1) is 7.47. The van der Waals surface area contributed by atoms with Crippen molar-refractivity contribution in [2.24, 2.45) is 0 Å². The van der Waals surface area contributed by atoms with Crippen LogP contribution in [0.2, 0.25) is 0 Å². The standard InChI is InChI=1S/C11H10BrClF2O/c1-6(16)10(12)9-4-7(11(14)15)2-3-8(9)5-13/h2-4,10-11H,5H2,1H3. The van der Waals surface area contributed by atoms with Gasteiger partial charge >= 0.3 is 0 Å². The molecule has 0 radical (unpaired) electrons. The van der Waals surface area contributed by atoms with E-state index in [9.17, 15) is 13.6 Å². The lowest BCUT2D eigenvalue weighted by atomic mass is 10.0. The van der Waals surface area contributed by atoms with Gasteiger partial charge in [0, 0.05) is 11.4 Å². The van der Waals surface area contributed by atoms with E-state index in [0.717, 1.165) is 0 Å². The van der Waals surface area contributed by atoms with Crippen molar-refractivity contribution in [3.63, 3.8) is 0 Å². The normalized spacial score (nSPS) is 12.9. The van der Waals surface area contributed by atoms with Gasteiger partial charge in [-0.2, -0.15) is 0 Å². The number of ketones is 1. The predicted molar refractivity (Wildman–Crippen MR) is 63.3 cm³/mol. The van der Waals surface area contributed by atoms with Gasteiger partial charge in [-0.05, 0) is 24.1 Å². The maximum Gasteiger partial charge on any atom is 0.263 e. The van der Waals surface area contributed by atoms with Crippen molar-refractivity contribution in [3.8, 4) is 0 Å². The van der Waals surface area contributed by atoms with Crippen LogP contribution < -0.4 is 0 Å². The topological polar surface area (TPSA) is 17.1 Å². The third-order valence-electron chi connectivity index (χ3n) is 2.20. The first-order valence-electron chi connectivity index (χ1n) is 4.58. The molecule has 1 atom stereocenters. The molecule has 1 aromatic carbocycles. The molecule has 0 aromatic heterocycles. The molecule has 0 aliphatic rings. The summed E-state index contributed by atoms with van der Waals surface area (Å²) in [6.45, 7) is 1.40. The summed E-state index contributed by atoms with van der Waals surface area (Å²) in [4.78, 5) is 10.6. The van der Waals surface area contributed by atoms with Crippen LogP contribution in [0.4, 0.5) is 8.78 Å². The van der Waals surface area contributed by atoms with Gasteiger partial charge in [-0.15, -0.1) is 11.6 Å². The molecule has 0 aliphatic carbocycles. The van der Waals surface area contributed by atoms with Gasteiger partial charge < -0.3 is 0 Å². The van der Waals surface area contributed by atoms with Gasteiger partial charge in [-0.1, -0.05) is 28.1 Å². The van der Waals surface area contributed by atoms with Gasteiger partial charge in [-0.3, -0.25) is 4.79 Å². The molecule has 0 spiro atoms. The Labute approximate surface area is 106 Å². The molecular formula is C11H10BrClF2O. The van der Waals surface area contributed by atoms with Crippen molar-refractivity contribution in [1.82, 2.24) is 0 Å². The summed E-state index contributed by atoms with van der Waals surface area (Å²) in [6, 6.07) is 4.18. The van der Waals surface area contributed by atoms with Crippen molar-refractivity contribution in [1.29, 1.82) is 0 Å². The monoisotopic (exact) mass is 310 g/mol. The summed E-state index contributed by atoms with van der Waals surface area (Å²) < 4.78 is 25.0. The number of carbonyl (C=O) groups is 1. The minimum absolute atomic E-state index is 0.102. The van der Waals surface area contributed by atoms with Crippen LogP contribution in [0.3, 0.4) is 0 Å². The molecule has 1 nitrogen and oxygen atoms in total. The molecule has 0 aliphatic heterocycles. The largest absolute Gasteiger partial charge is 0.298 e. The zero-order chi connectivity index (χ0) is 12.3. The highest BCUT2D eigenvalue weighted by Gasteiger charge is 2.18. The quantitative estimate of drug-likeness (QED) is 0.754. The molecule has 1 unspecified atom stereocenters. The molecule has 1 aromatic rings. The Morgan fingerprint density at radius 1 is 1.50 bits per heavy atom. The second-order valence-electron chi connectivity index (χ2n) is 3.37. The first-order valence-corrected chi connectivity index (χ1v) is 6.03. The maximum atomic E-state index is 12.5. The van der Waals surface area contributed by atoms with Crippen molar-refractivity contribution < 1.29 is 13.6 Å². The first kappa shape index (κ1) is 13.6. The Kier molecular flexibility index (Phi) is 4.87. The van der Waals surface area contributed by atoms with E-state index in [2.05, 4.69) is 15.9 Å². The average molecular weight is 312 g/mol. The van der Waals surface area contributed by atoms with Gasteiger partial charge in [0.25, 0.3) is 6.43 Å². The zero-order valence-electron chi connectivity index (χ0n) is 8.51. The lowest BCUT2D eigenvalue weighted by Crippen LogP contribution is -2.05. The molecule has 0 saturated heterocycles. The van der Waals surface area contributed by atoms with Gasteiger partial charge in [0.05, 0.1) is 4.83 Å². The summed E-state index contributed by atoms with van der Waals surface area (Å²) in [5.74, 6) is 0.0478. The molecule has 5 heteroatoms. The Balaban J connectivity index is 3.21. The number of alkyl halides is 4. The van der Waals surface area contributed by atoms with Crippen LogP contribution in [-0.2, 0) is 10.7 Å². The smallest absolute Gasteiger partial charge is 0.263 e. The van der Waals surface area contributed by atoms with E-state index in [1.54, 1.807) is 0 Å². The van der Waals surface area contributed by atoms with E-state index in [0.29, 0.717) is 11.1 Å². The van der Waals surface area contributed by atoms with Crippen LogP contribution in [0, 0.1) is 0 Å². The lowest BCUT2D eigenvalue weighted by Gasteiger charge is -2.13. The molecule has 0 N–H and O–H groups in total. The van der Waals surface area contributed by atoms with Crippen LogP contribution in [0.25, 0.3) is 0 Å². The molecule has 88 valence electrons. The molecule has 1 rings (SSSR count). The summed E-state index contributed by atoms with van der Waals surface area (Å²) in [7, 11) is 0. The summed E-state index contributed by atoms with van der Waals surface area (Å²) in [6.07, 6.45) is -2.55. The minimum atomic E-state index is -2.55. The number of halogens is 4. The van der Waals surface area contributed by atoms with Gasteiger partial charge in [0.15, 0.2) is 0 Å². The fourth-order valence-electron chi connectivity index (χ4n) is 1.33. The van der Waals surface area contributed by atoms with E-state index >= 15 is 0 Å². The molecular weight excluding hydrogens is 301 g/mol. The number of benzene rings is 1. The fraction of sp³-hybridized carbons (Fsp3) is 0.364. The molecule has 0 saturated carbocycles. The molecule has 0 bridgehead atoms. The van der Waals surface area contributed by atoms with Crippen LogP contribution in [0.5, 0.6) is 0 Å². The van der Waals surface area contributed by atoms with Gasteiger partial charge in [0.2, 0.25) is 0 Å². The summed E-state index contributed by atoms with van der Waals surface area (Å²) in [5.41, 5.74) is 1.10. The highest BCUT2D eigenvalue weighted by Crippen LogP contribution is 2.31. The van der Waals surface area contributed by atoms with Crippen LogP contribution in [0.1, 0.15) is 34.9 Å². The second-order valence-corrected chi connectivity index (χ2v) is 4.55. The van der Waals surface area contributed by atoms with Crippen LogP contribution >= 0.6 is 27.5 Å². The number of hydrogen-bond donors (Lipinski definition) is 0. The Morgan fingerprint density at radius 2 is 2.12 bits per heavy atom. The highest BCUT2D eigenvalue weighted by atomic mass is 79.9. The van der Waals surface area contributed by atoms with E-state index in [-0.39, 0.29) is 17.2 Å². The van der Waals surface area contributed by atoms with Crippen molar-refractivity contribution in [2.75, 3.05) is 0 Å². The highest BCUT2D eigenvalue weighted by molar-refractivity contribution is 9.09. The fourth-order valence-corrected chi connectivity index (χ4v) is 2.00. The SMILES string of the molecule is CC(=O)C(Br)c1cc(C(F)F)ccc1CCl. The van der Waals surface area contributed by atoms with Gasteiger partial charge in [0.1, 0.15) is 5.78 Å². The Bertz CT molecular complexity index is 396. The lowest BCUT2D eigenvalue weighted by molar-refractivity contribution is -0.116. The van der Waals surface area contributed by atoms with E-state index in [1.165, 1.54) is 25.1 Å².